The van der Waals surface area contributed by atoms with Crippen molar-refractivity contribution in [2.24, 2.45) is 0 Å². The average molecular weight is 404 g/mol. The van der Waals surface area contributed by atoms with Gasteiger partial charge in [-0.15, -0.1) is 0 Å². The van der Waals surface area contributed by atoms with Gasteiger partial charge in [-0.25, -0.2) is 9.37 Å². The highest BCUT2D eigenvalue weighted by molar-refractivity contribution is 6.11. The molecule has 2 aromatic carbocycles. The van der Waals surface area contributed by atoms with E-state index < -0.39 is 29.0 Å². The Bertz CT molecular complexity index is 1230. The molecule has 6 nitrogen and oxygen atoms in total. The molecule has 0 fully saturated rings. The van der Waals surface area contributed by atoms with Gasteiger partial charge in [-0.3, -0.25) is 4.79 Å². The second kappa shape index (κ2) is 6.73. The van der Waals surface area contributed by atoms with E-state index in [0.717, 1.165) is 12.1 Å². The molecule has 29 heavy (non-hydrogen) atoms. The number of benzene rings is 2. The predicted octanol–water partition coefficient (Wildman–Crippen LogP) is 4.94. The molecule has 2 N–H and O–H groups in total. The Morgan fingerprint density at radius 1 is 1.17 bits per heavy atom. The Labute approximate surface area is 160 Å². The van der Waals surface area contributed by atoms with E-state index in [4.69, 9.17) is 4.52 Å². The first kappa shape index (κ1) is 18.7. The summed E-state index contributed by atoms with van der Waals surface area (Å²) in [6.07, 6.45) is -4.70. The van der Waals surface area contributed by atoms with Gasteiger partial charge in [0.15, 0.2) is 5.82 Å². The first-order valence-electron chi connectivity index (χ1n) is 8.33. The molecule has 4 aromatic rings. The highest BCUT2D eigenvalue weighted by atomic mass is 19.4. The van der Waals surface area contributed by atoms with Crippen molar-refractivity contribution in [3.63, 3.8) is 0 Å². The molecular weight excluding hydrogens is 392 g/mol. The predicted molar refractivity (Wildman–Crippen MR) is 95.7 cm³/mol. The Morgan fingerprint density at radius 2 is 1.97 bits per heavy atom. The fourth-order valence-corrected chi connectivity index (χ4v) is 2.91. The molecular formula is C19H12F4N4O2. The summed E-state index contributed by atoms with van der Waals surface area (Å²) in [5, 5.41) is 6.19. The maximum atomic E-state index is 13.6. The number of halogens is 4. The van der Waals surface area contributed by atoms with Gasteiger partial charge in [-0.1, -0.05) is 11.2 Å². The fourth-order valence-electron chi connectivity index (χ4n) is 2.91. The number of hydrogen-bond donors (Lipinski definition) is 2. The molecule has 2 aromatic heterocycles. The number of H-pyrrole nitrogens is 1. The van der Waals surface area contributed by atoms with E-state index in [1.54, 1.807) is 19.1 Å². The number of imidazole rings is 1. The van der Waals surface area contributed by atoms with Crippen LogP contribution >= 0.6 is 0 Å². The highest BCUT2D eigenvalue weighted by Crippen LogP contribution is 2.37. The number of hydrogen-bond acceptors (Lipinski definition) is 4. The fraction of sp³-hybridized carbons (Fsp3) is 0.105. The van der Waals surface area contributed by atoms with Crippen molar-refractivity contribution in [2.75, 3.05) is 5.32 Å². The molecule has 0 unspecified atom stereocenters. The number of fused-ring (bicyclic) bond motifs is 1. The van der Waals surface area contributed by atoms with Crippen LogP contribution in [0.5, 0.6) is 0 Å². The highest BCUT2D eigenvalue weighted by Gasteiger charge is 2.34. The lowest BCUT2D eigenvalue weighted by molar-refractivity contribution is -0.137. The number of aromatic amines is 1. The van der Waals surface area contributed by atoms with Crippen LogP contribution in [0.2, 0.25) is 0 Å². The van der Waals surface area contributed by atoms with Crippen molar-refractivity contribution < 1.29 is 26.9 Å². The number of alkyl halides is 3. The molecule has 10 heteroatoms. The van der Waals surface area contributed by atoms with Gasteiger partial charge in [-0.2, -0.15) is 13.2 Å². The topological polar surface area (TPSA) is 83.8 Å². The van der Waals surface area contributed by atoms with Crippen molar-refractivity contribution >= 4 is 22.8 Å². The van der Waals surface area contributed by atoms with Gasteiger partial charge in [0.1, 0.15) is 22.9 Å². The summed E-state index contributed by atoms with van der Waals surface area (Å²) < 4.78 is 58.5. The Morgan fingerprint density at radius 3 is 2.66 bits per heavy atom. The van der Waals surface area contributed by atoms with Crippen LogP contribution in [0.1, 0.15) is 21.7 Å². The second-order valence-corrected chi connectivity index (χ2v) is 6.25. The molecule has 0 bridgehead atoms. The van der Waals surface area contributed by atoms with Crippen molar-refractivity contribution in [1.82, 2.24) is 15.1 Å². The average Bonchev–Trinajstić information content (AvgIpc) is 3.26. The molecule has 0 atom stereocenters. The number of rotatable bonds is 3. The lowest BCUT2D eigenvalue weighted by Gasteiger charge is -2.11. The van der Waals surface area contributed by atoms with E-state index in [1.165, 1.54) is 12.1 Å². The van der Waals surface area contributed by atoms with Gasteiger partial charge in [0.05, 0.1) is 16.6 Å². The Kier molecular flexibility index (Phi) is 4.33. The van der Waals surface area contributed by atoms with E-state index in [-0.39, 0.29) is 22.7 Å². The first-order chi connectivity index (χ1) is 13.7. The van der Waals surface area contributed by atoms with E-state index in [9.17, 15) is 22.4 Å². The van der Waals surface area contributed by atoms with Crippen LogP contribution < -0.4 is 5.32 Å². The van der Waals surface area contributed by atoms with E-state index >= 15 is 0 Å². The normalized spacial score (nSPS) is 11.8. The van der Waals surface area contributed by atoms with Gasteiger partial charge in [0, 0.05) is 11.6 Å². The number of amides is 1. The maximum Gasteiger partial charge on any atom is 0.417 e. The van der Waals surface area contributed by atoms with Crippen molar-refractivity contribution in [3.8, 4) is 11.4 Å². The maximum absolute atomic E-state index is 13.6. The minimum absolute atomic E-state index is 0.107. The molecule has 2 heterocycles. The third kappa shape index (κ3) is 3.56. The van der Waals surface area contributed by atoms with Crippen LogP contribution in [0.4, 0.5) is 23.4 Å². The molecule has 0 saturated carbocycles. The Hall–Kier alpha value is -3.69. The summed E-state index contributed by atoms with van der Waals surface area (Å²) in [7, 11) is 0. The smallest absolute Gasteiger partial charge is 0.360 e. The van der Waals surface area contributed by atoms with Gasteiger partial charge in [0.2, 0.25) is 0 Å². The SMILES string of the molecule is Cc1cc(NC(=O)c2cccc3[nH]c(-c4cc(F)ccc4C(F)(F)F)nc23)no1. The number of carbonyl (C=O) groups is 1. The van der Waals surface area contributed by atoms with Gasteiger partial charge in [0.25, 0.3) is 5.91 Å². The van der Waals surface area contributed by atoms with Crippen molar-refractivity contribution in [2.45, 2.75) is 13.1 Å². The molecule has 0 radical (unpaired) electrons. The standard InChI is InChI=1S/C19H12F4N4O2/c1-9-7-15(27-29-9)25-18(28)11-3-2-4-14-16(11)26-17(24-14)12-8-10(20)5-6-13(12)19(21,22)23/h2-8H,1H3,(H,24,26)(H,25,27,28). The number of para-hydroxylation sites is 1. The minimum atomic E-state index is -4.70. The minimum Gasteiger partial charge on any atom is -0.360 e. The molecule has 0 spiro atoms. The lowest BCUT2D eigenvalue weighted by Crippen LogP contribution is -2.12. The van der Waals surface area contributed by atoms with Crippen LogP contribution in [0.15, 0.2) is 47.0 Å². The van der Waals surface area contributed by atoms with Crippen molar-refractivity contribution in [3.05, 3.63) is 65.2 Å². The van der Waals surface area contributed by atoms with E-state index in [2.05, 4.69) is 20.4 Å². The van der Waals surface area contributed by atoms with Crippen LogP contribution in [0.3, 0.4) is 0 Å². The number of aromatic nitrogens is 3. The monoisotopic (exact) mass is 404 g/mol. The summed E-state index contributed by atoms with van der Waals surface area (Å²) in [5.74, 6) is -0.939. The Balaban J connectivity index is 1.80. The third-order valence-corrected chi connectivity index (χ3v) is 4.17. The first-order valence-corrected chi connectivity index (χ1v) is 8.33. The van der Waals surface area contributed by atoms with Gasteiger partial charge < -0.3 is 14.8 Å². The van der Waals surface area contributed by atoms with Crippen molar-refractivity contribution in [1.29, 1.82) is 0 Å². The number of aryl methyl sites for hydroxylation is 1. The second-order valence-electron chi connectivity index (χ2n) is 6.25. The number of nitrogens with zero attached hydrogens (tertiary/aromatic N) is 2. The molecule has 4 rings (SSSR count). The molecule has 1 amide bonds. The summed E-state index contributed by atoms with van der Waals surface area (Å²) in [6.45, 7) is 1.65. The van der Waals surface area contributed by atoms with Gasteiger partial charge in [-0.05, 0) is 37.3 Å². The zero-order valence-electron chi connectivity index (χ0n) is 14.8. The summed E-state index contributed by atoms with van der Waals surface area (Å²) in [5.41, 5.74) is -0.927. The zero-order valence-corrected chi connectivity index (χ0v) is 14.8. The van der Waals surface area contributed by atoms with Crippen LogP contribution in [0.25, 0.3) is 22.4 Å². The van der Waals surface area contributed by atoms with Crippen LogP contribution in [-0.2, 0) is 6.18 Å². The summed E-state index contributed by atoms with van der Waals surface area (Å²) >= 11 is 0. The third-order valence-electron chi connectivity index (χ3n) is 4.17. The molecule has 0 saturated heterocycles. The molecule has 0 aliphatic rings. The summed E-state index contributed by atoms with van der Waals surface area (Å²) in [6, 6.07) is 8.20. The lowest BCUT2D eigenvalue weighted by atomic mass is 10.1. The molecule has 0 aliphatic heterocycles. The zero-order chi connectivity index (χ0) is 20.8. The summed E-state index contributed by atoms with van der Waals surface area (Å²) in [4.78, 5) is 19.4. The molecule has 0 aliphatic carbocycles. The van der Waals surface area contributed by atoms with E-state index in [0.29, 0.717) is 17.3 Å². The number of anilines is 1. The largest absolute Gasteiger partial charge is 0.417 e. The quantitative estimate of drug-likeness (QED) is 0.474. The number of nitrogens with one attached hydrogen (secondary N) is 2. The number of carbonyl (C=O) groups excluding carboxylic acids is 1. The van der Waals surface area contributed by atoms with Gasteiger partial charge >= 0.3 is 6.18 Å². The van der Waals surface area contributed by atoms with Crippen LogP contribution in [0, 0.1) is 12.7 Å². The van der Waals surface area contributed by atoms with E-state index in [1.807, 2.05) is 0 Å². The van der Waals surface area contributed by atoms with Crippen LogP contribution in [-0.4, -0.2) is 21.0 Å². The molecule has 148 valence electrons.